The lowest BCUT2D eigenvalue weighted by molar-refractivity contribution is 0.0691. The van der Waals surface area contributed by atoms with Gasteiger partial charge in [-0.25, -0.2) is 14.2 Å². The van der Waals surface area contributed by atoms with Crippen LogP contribution >= 0.6 is 11.6 Å². The molecule has 2 aromatic rings. The van der Waals surface area contributed by atoms with Crippen LogP contribution in [-0.4, -0.2) is 53.0 Å². The van der Waals surface area contributed by atoms with Gasteiger partial charge in [0.25, 0.3) is 5.91 Å². The van der Waals surface area contributed by atoms with Crippen molar-refractivity contribution in [2.24, 2.45) is 0 Å². The fourth-order valence-corrected chi connectivity index (χ4v) is 3.04. The van der Waals surface area contributed by atoms with E-state index in [-0.39, 0.29) is 16.1 Å². The molecule has 3 rings (SSSR count). The Hall–Kier alpha value is -2.67. The van der Waals surface area contributed by atoms with Gasteiger partial charge in [-0.05, 0) is 24.3 Å². The van der Waals surface area contributed by atoms with E-state index >= 15 is 0 Å². The fourth-order valence-electron chi connectivity index (χ4n) is 2.80. The van der Waals surface area contributed by atoms with Crippen molar-refractivity contribution < 1.29 is 19.1 Å². The van der Waals surface area contributed by atoms with Crippen LogP contribution in [0.15, 0.2) is 36.5 Å². The summed E-state index contributed by atoms with van der Waals surface area (Å²) in [5.74, 6) is -1.81. The predicted octanol–water partition coefficient (Wildman–Crippen LogP) is 2.53. The van der Waals surface area contributed by atoms with E-state index in [4.69, 9.17) is 11.6 Å². The van der Waals surface area contributed by atoms with Crippen molar-refractivity contribution in [3.8, 4) is 0 Å². The van der Waals surface area contributed by atoms with Crippen molar-refractivity contribution in [1.82, 2.24) is 9.88 Å². The monoisotopic (exact) mass is 363 g/mol. The Labute approximate surface area is 148 Å². The number of nitrogens with zero attached hydrogens (tertiary/aromatic N) is 3. The van der Waals surface area contributed by atoms with Crippen molar-refractivity contribution >= 4 is 29.3 Å². The van der Waals surface area contributed by atoms with Crippen molar-refractivity contribution in [1.29, 1.82) is 0 Å². The van der Waals surface area contributed by atoms with Gasteiger partial charge < -0.3 is 14.9 Å². The summed E-state index contributed by atoms with van der Waals surface area (Å²) >= 11 is 5.95. The zero-order valence-corrected chi connectivity index (χ0v) is 13.9. The Morgan fingerprint density at radius 2 is 1.84 bits per heavy atom. The number of hydrogen-bond donors (Lipinski definition) is 1. The molecule has 0 atom stereocenters. The molecular weight excluding hydrogens is 349 g/mol. The molecule has 6 nitrogen and oxygen atoms in total. The number of amides is 1. The molecule has 1 saturated heterocycles. The maximum Gasteiger partial charge on any atom is 0.339 e. The number of rotatable bonds is 3. The number of carboxylic acid groups (broad SMARTS) is 1. The van der Waals surface area contributed by atoms with E-state index in [1.165, 1.54) is 35.4 Å². The van der Waals surface area contributed by atoms with E-state index < -0.39 is 17.7 Å². The van der Waals surface area contributed by atoms with Gasteiger partial charge in [0, 0.05) is 32.4 Å². The van der Waals surface area contributed by atoms with Crippen LogP contribution in [0.1, 0.15) is 20.7 Å². The van der Waals surface area contributed by atoms with Gasteiger partial charge in [-0.15, -0.1) is 0 Å². The van der Waals surface area contributed by atoms with Gasteiger partial charge >= 0.3 is 5.97 Å². The molecule has 2 heterocycles. The molecule has 0 unspecified atom stereocenters. The predicted molar refractivity (Wildman–Crippen MR) is 90.7 cm³/mol. The van der Waals surface area contributed by atoms with Crippen LogP contribution in [0.5, 0.6) is 0 Å². The zero-order chi connectivity index (χ0) is 18.0. The van der Waals surface area contributed by atoms with Gasteiger partial charge in [0.1, 0.15) is 17.2 Å². The van der Waals surface area contributed by atoms with Crippen LogP contribution in [0.2, 0.25) is 5.02 Å². The van der Waals surface area contributed by atoms with E-state index in [2.05, 4.69) is 4.98 Å². The van der Waals surface area contributed by atoms with Crippen LogP contribution in [0, 0.1) is 5.82 Å². The molecule has 0 saturated carbocycles. The summed E-state index contributed by atoms with van der Waals surface area (Å²) in [5.41, 5.74) is -0.0268. The van der Waals surface area contributed by atoms with Crippen molar-refractivity contribution in [3.05, 3.63) is 58.5 Å². The number of carbonyl (C=O) groups is 2. The van der Waals surface area contributed by atoms with E-state index in [1.54, 1.807) is 11.0 Å². The first-order valence-corrected chi connectivity index (χ1v) is 8.03. The lowest BCUT2D eigenvalue weighted by Crippen LogP contribution is -2.49. The molecule has 1 amide bonds. The Morgan fingerprint density at radius 1 is 1.12 bits per heavy atom. The van der Waals surface area contributed by atoms with Crippen molar-refractivity contribution in [2.45, 2.75) is 0 Å². The number of halogens is 2. The molecular formula is C17H15ClFN3O3. The Kier molecular flexibility index (Phi) is 4.85. The van der Waals surface area contributed by atoms with Gasteiger partial charge in [0.2, 0.25) is 0 Å². The van der Waals surface area contributed by atoms with Gasteiger partial charge in [0.15, 0.2) is 0 Å². The summed E-state index contributed by atoms with van der Waals surface area (Å²) in [5, 5.41) is 9.33. The first-order chi connectivity index (χ1) is 12.0. The maximum atomic E-state index is 13.9. The second-order valence-electron chi connectivity index (χ2n) is 5.56. The Balaban J connectivity index is 1.74. The lowest BCUT2D eigenvalue weighted by Gasteiger charge is -2.36. The first kappa shape index (κ1) is 17.2. The third kappa shape index (κ3) is 3.41. The quantitative estimate of drug-likeness (QED) is 0.907. The third-order valence-electron chi connectivity index (χ3n) is 4.06. The summed E-state index contributed by atoms with van der Waals surface area (Å²) in [7, 11) is 0. The molecule has 1 aromatic carbocycles. The highest BCUT2D eigenvalue weighted by Gasteiger charge is 2.27. The van der Waals surface area contributed by atoms with Crippen LogP contribution in [0.4, 0.5) is 10.2 Å². The number of piperazine rings is 1. The van der Waals surface area contributed by atoms with Crippen LogP contribution in [-0.2, 0) is 0 Å². The molecule has 1 N–H and O–H groups in total. The standard InChI is InChI=1S/C17H15ClFN3O3/c18-12-4-1-5-13(19)14(12)16(23)22-9-7-21(8-10-22)15-11(17(24)25)3-2-6-20-15/h1-6H,7-10H2,(H,24,25). The molecule has 0 radical (unpaired) electrons. The van der Waals surface area contributed by atoms with Gasteiger partial charge in [-0.1, -0.05) is 17.7 Å². The minimum atomic E-state index is -1.06. The number of hydrogen-bond acceptors (Lipinski definition) is 4. The summed E-state index contributed by atoms with van der Waals surface area (Å²) in [6.45, 7) is 1.43. The lowest BCUT2D eigenvalue weighted by atomic mass is 10.1. The van der Waals surface area contributed by atoms with Crippen LogP contribution in [0.3, 0.4) is 0 Å². The number of carbonyl (C=O) groups excluding carboxylic acids is 1. The third-order valence-corrected chi connectivity index (χ3v) is 4.38. The average Bonchev–Trinajstić information content (AvgIpc) is 2.61. The second kappa shape index (κ2) is 7.06. The summed E-state index contributed by atoms with van der Waals surface area (Å²) in [6.07, 6.45) is 1.53. The van der Waals surface area contributed by atoms with E-state index in [0.29, 0.717) is 32.0 Å². The zero-order valence-electron chi connectivity index (χ0n) is 13.2. The van der Waals surface area contributed by atoms with E-state index in [9.17, 15) is 19.1 Å². The van der Waals surface area contributed by atoms with E-state index in [1.807, 2.05) is 0 Å². The molecule has 1 aliphatic heterocycles. The summed E-state index contributed by atoms with van der Waals surface area (Å²) < 4.78 is 13.9. The van der Waals surface area contributed by atoms with Crippen LogP contribution in [0.25, 0.3) is 0 Å². The number of benzene rings is 1. The number of pyridine rings is 1. The minimum Gasteiger partial charge on any atom is -0.478 e. The molecule has 0 aliphatic carbocycles. The molecule has 8 heteroatoms. The van der Waals surface area contributed by atoms with Crippen molar-refractivity contribution in [3.63, 3.8) is 0 Å². The minimum absolute atomic E-state index is 0.0744. The molecule has 1 aromatic heterocycles. The molecule has 0 spiro atoms. The molecule has 1 fully saturated rings. The van der Waals surface area contributed by atoms with Crippen LogP contribution < -0.4 is 4.90 Å². The topological polar surface area (TPSA) is 73.7 Å². The highest BCUT2D eigenvalue weighted by Crippen LogP contribution is 2.23. The number of carboxylic acids is 1. The highest BCUT2D eigenvalue weighted by atomic mass is 35.5. The molecule has 130 valence electrons. The number of anilines is 1. The number of aromatic nitrogens is 1. The van der Waals surface area contributed by atoms with Crippen molar-refractivity contribution in [2.75, 3.05) is 31.1 Å². The van der Waals surface area contributed by atoms with Gasteiger partial charge in [0.05, 0.1) is 10.6 Å². The Bertz CT molecular complexity index is 802. The summed E-state index contributed by atoms with van der Waals surface area (Å²) in [4.78, 5) is 31.3. The normalized spacial score (nSPS) is 14.5. The van der Waals surface area contributed by atoms with Gasteiger partial charge in [-0.3, -0.25) is 4.79 Å². The SMILES string of the molecule is O=C(O)c1cccnc1N1CCN(C(=O)c2c(F)cccc2Cl)CC1. The average molecular weight is 364 g/mol. The molecule has 25 heavy (non-hydrogen) atoms. The largest absolute Gasteiger partial charge is 0.478 e. The molecule has 0 bridgehead atoms. The highest BCUT2D eigenvalue weighted by molar-refractivity contribution is 6.33. The Morgan fingerprint density at radius 3 is 2.48 bits per heavy atom. The molecule has 1 aliphatic rings. The summed E-state index contributed by atoms with van der Waals surface area (Å²) in [6, 6.07) is 7.17. The number of aromatic carboxylic acids is 1. The van der Waals surface area contributed by atoms with Gasteiger partial charge in [-0.2, -0.15) is 0 Å². The maximum absolute atomic E-state index is 13.9. The smallest absolute Gasteiger partial charge is 0.339 e. The van der Waals surface area contributed by atoms with E-state index in [0.717, 1.165) is 0 Å². The fraction of sp³-hybridized carbons (Fsp3) is 0.235. The first-order valence-electron chi connectivity index (χ1n) is 7.65. The second-order valence-corrected chi connectivity index (χ2v) is 5.96.